The zero-order valence-corrected chi connectivity index (χ0v) is 10.6. The van der Waals surface area contributed by atoms with E-state index in [4.69, 9.17) is 0 Å². The lowest BCUT2D eigenvalue weighted by atomic mass is 9.97. The van der Waals surface area contributed by atoms with Gasteiger partial charge < -0.3 is 5.32 Å². The Kier molecular flexibility index (Phi) is 3.11. The van der Waals surface area contributed by atoms with Gasteiger partial charge in [0.15, 0.2) is 0 Å². The van der Waals surface area contributed by atoms with Crippen LogP contribution in [-0.4, -0.2) is 21.0 Å². The van der Waals surface area contributed by atoms with E-state index in [0.29, 0.717) is 12.1 Å². The summed E-state index contributed by atoms with van der Waals surface area (Å²) in [6, 6.07) is 11.1. The molecule has 0 saturated carbocycles. The normalized spacial score (nSPS) is 24.1. The van der Waals surface area contributed by atoms with Crippen LogP contribution in [0.25, 0.3) is 5.69 Å². The summed E-state index contributed by atoms with van der Waals surface area (Å²) in [4.78, 5) is 0. The molecule has 2 heterocycles. The molecule has 1 aromatic heterocycles. The van der Waals surface area contributed by atoms with E-state index in [2.05, 4.69) is 34.7 Å². The third kappa shape index (κ3) is 2.16. The van der Waals surface area contributed by atoms with E-state index in [0.717, 1.165) is 17.8 Å². The van der Waals surface area contributed by atoms with Gasteiger partial charge in [0.05, 0.1) is 23.6 Å². The second kappa shape index (κ2) is 4.90. The Hall–Kier alpha value is -1.68. The molecule has 1 N–H and O–H groups in total. The number of benzene rings is 1. The third-order valence-electron chi connectivity index (χ3n) is 3.55. The fraction of sp³-hybridized carbons (Fsp3) is 0.429. The topological polar surface area (TPSA) is 42.7 Å². The second-order valence-electron chi connectivity index (χ2n) is 4.96. The van der Waals surface area contributed by atoms with Crippen LogP contribution in [0.3, 0.4) is 0 Å². The number of aromatic nitrogens is 3. The quantitative estimate of drug-likeness (QED) is 0.879. The maximum Gasteiger partial charge on any atom is 0.0815 e. The summed E-state index contributed by atoms with van der Waals surface area (Å²) < 4.78 is 1.94. The van der Waals surface area contributed by atoms with E-state index in [9.17, 15) is 0 Å². The van der Waals surface area contributed by atoms with Gasteiger partial charge in [-0.1, -0.05) is 23.4 Å². The van der Waals surface area contributed by atoms with Crippen molar-refractivity contribution in [2.45, 2.75) is 38.3 Å². The monoisotopic (exact) mass is 242 g/mol. The van der Waals surface area contributed by atoms with Crippen LogP contribution in [0, 0.1) is 0 Å². The molecule has 0 amide bonds. The summed E-state index contributed by atoms with van der Waals surface area (Å²) in [5, 5.41) is 11.9. The zero-order valence-electron chi connectivity index (χ0n) is 10.6. The highest BCUT2D eigenvalue weighted by molar-refractivity contribution is 5.32. The highest BCUT2D eigenvalue weighted by Gasteiger charge is 2.23. The first-order valence-electron chi connectivity index (χ1n) is 6.56. The summed E-state index contributed by atoms with van der Waals surface area (Å²) >= 11 is 0. The highest BCUT2D eigenvalue weighted by atomic mass is 15.4. The SMILES string of the molecule is CC1CCCC(c2cnnn2-c2ccccc2)N1. The lowest BCUT2D eigenvalue weighted by Crippen LogP contribution is -2.35. The summed E-state index contributed by atoms with van der Waals surface area (Å²) in [6.07, 6.45) is 5.55. The number of hydrogen-bond donors (Lipinski definition) is 1. The minimum absolute atomic E-state index is 0.365. The molecule has 0 radical (unpaired) electrons. The molecule has 1 aliphatic rings. The minimum atomic E-state index is 0.365. The predicted octanol–water partition coefficient (Wildman–Crippen LogP) is 2.47. The summed E-state index contributed by atoms with van der Waals surface area (Å²) in [5.74, 6) is 0. The van der Waals surface area contributed by atoms with Crippen LogP contribution in [0.1, 0.15) is 37.9 Å². The standard InChI is InChI=1S/C14H18N4/c1-11-6-5-9-13(16-11)14-10-15-17-18(14)12-7-3-2-4-8-12/h2-4,7-8,10-11,13,16H,5-6,9H2,1H3. The first-order chi connectivity index (χ1) is 8.84. The number of piperidine rings is 1. The Morgan fingerprint density at radius 3 is 2.83 bits per heavy atom. The summed E-state index contributed by atoms with van der Waals surface area (Å²) in [6.45, 7) is 2.24. The molecule has 3 rings (SSSR count). The molecular weight excluding hydrogens is 224 g/mol. The van der Waals surface area contributed by atoms with E-state index in [1.54, 1.807) is 0 Å². The largest absolute Gasteiger partial charge is 0.306 e. The highest BCUT2D eigenvalue weighted by Crippen LogP contribution is 2.26. The number of nitrogens with one attached hydrogen (secondary N) is 1. The van der Waals surface area contributed by atoms with Crippen molar-refractivity contribution >= 4 is 0 Å². The van der Waals surface area contributed by atoms with Gasteiger partial charge in [-0.25, -0.2) is 4.68 Å². The molecule has 2 aromatic rings. The van der Waals surface area contributed by atoms with Gasteiger partial charge in [-0.3, -0.25) is 0 Å². The van der Waals surface area contributed by atoms with Crippen LogP contribution < -0.4 is 5.32 Å². The molecule has 0 spiro atoms. The Bertz CT molecular complexity index is 506. The number of hydrogen-bond acceptors (Lipinski definition) is 3. The Morgan fingerprint density at radius 1 is 1.22 bits per heavy atom. The van der Waals surface area contributed by atoms with Gasteiger partial charge in [-0.15, -0.1) is 5.10 Å². The Balaban J connectivity index is 1.92. The average molecular weight is 242 g/mol. The molecule has 94 valence electrons. The van der Waals surface area contributed by atoms with E-state index >= 15 is 0 Å². The van der Waals surface area contributed by atoms with Crippen molar-refractivity contribution in [2.75, 3.05) is 0 Å². The zero-order chi connectivity index (χ0) is 12.4. The Morgan fingerprint density at radius 2 is 2.06 bits per heavy atom. The minimum Gasteiger partial charge on any atom is -0.306 e. The van der Waals surface area contributed by atoms with Crippen LogP contribution in [0.5, 0.6) is 0 Å². The van der Waals surface area contributed by atoms with E-state index in [1.165, 1.54) is 12.8 Å². The molecule has 0 bridgehead atoms. The number of para-hydroxylation sites is 1. The van der Waals surface area contributed by atoms with Crippen LogP contribution in [0.2, 0.25) is 0 Å². The van der Waals surface area contributed by atoms with Crippen molar-refractivity contribution in [2.24, 2.45) is 0 Å². The molecule has 18 heavy (non-hydrogen) atoms. The fourth-order valence-corrected chi connectivity index (χ4v) is 2.62. The first-order valence-corrected chi connectivity index (χ1v) is 6.56. The molecule has 1 aliphatic heterocycles. The molecular formula is C14H18N4. The first kappa shape index (κ1) is 11.4. The second-order valence-corrected chi connectivity index (χ2v) is 4.96. The lowest BCUT2D eigenvalue weighted by Gasteiger charge is -2.28. The molecule has 4 heteroatoms. The molecule has 1 fully saturated rings. The van der Waals surface area contributed by atoms with Crippen molar-refractivity contribution in [3.63, 3.8) is 0 Å². The van der Waals surface area contributed by atoms with Crippen molar-refractivity contribution in [3.8, 4) is 5.69 Å². The van der Waals surface area contributed by atoms with E-state index in [1.807, 2.05) is 29.1 Å². The maximum atomic E-state index is 4.21. The maximum absolute atomic E-state index is 4.21. The third-order valence-corrected chi connectivity index (χ3v) is 3.55. The number of nitrogens with zero attached hydrogens (tertiary/aromatic N) is 3. The van der Waals surface area contributed by atoms with Crippen LogP contribution in [0.15, 0.2) is 36.5 Å². The van der Waals surface area contributed by atoms with Crippen LogP contribution >= 0.6 is 0 Å². The smallest absolute Gasteiger partial charge is 0.0815 e. The van der Waals surface area contributed by atoms with Gasteiger partial charge in [0.1, 0.15) is 0 Å². The average Bonchev–Trinajstić information content (AvgIpc) is 2.89. The van der Waals surface area contributed by atoms with Gasteiger partial charge in [-0.05, 0) is 38.3 Å². The predicted molar refractivity (Wildman–Crippen MR) is 70.5 cm³/mol. The lowest BCUT2D eigenvalue weighted by molar-refractivity contribution is 0.332. The van der Waals surface area contributed by atoms with E-state index in [-0.39, 0.29) is 0 Å². The van der Waals surface area contributed by atoms with Crippen molar-refractivity contribution < 1.29 is 0 Å². The molecule has 0 aliphatic carbocycles. The fourth-order valence-electron chi connectivity index (χ4n) is 2.62. The van der Waals surface area contributed by atoms with Crippen molar-refractivity contribution in [3.05, 3.63) is 42.2 Å². The van der Waals surface area contributed by atoms with Gasteiger partial charge in [0, 0.05) is 6.04 Å². The van der Waals surface area contributed by atoms with Crippen molar-refractivity contribution in [1.29, 1.82) is 0 Å². The van der Waals surface area contributed by atoms with Gasteiger partial charge in [0.25, 0.3) is 0 Å². The van der Waals surface area contributed by atoms with Gasteiger partial charge >= 0.3 is 0 Å². The van der Waals surface area contributed by atoms with Crippen LogP contribution in [0.4, 0.5) is 0 Å². The van der Waals surface area contributed by atoms with Gasteiger partial charge in [-0.2, -0.15) is 0 Å². The molecule has 4 nitrogen and oxygen atoms in total. The van der Waals surface area contributed by atoms with Crippen molar-refractivity contribution in [1.82, 2.24) is 20.3 Å². The molecule has 1 aromatic carbocycles. The summed E-state index contributed by atoms with van der Waals surface area (Å²) in [5.41, 5.74) is 2.23. The van der Waals surface area contributed by atoms with Crippen LogP contribution in [-0.2, 0) is 0 Å². The molecule has 1 saturated heterocycles. The molecule has 2 atom stereocenters. The summed E-state index contributed by atoms with van der Waals surface area (Å²) in [7, 11) is 0. The van der Waals surface area contributed by atoms with E-state index < -0.39 is 0 Å². The number of rotatable bonds is 2. The van der Waals surface area contributed by atoms with Gasteiger partial charge in [0.2, 0.25) is 0 Å². The Labute approximate surface area is 107 Å². The molecule has 2 unspecified atom stereocenters.